The van der Waals surface area contributed by atoms with Crippen LogP contribution in [0.15, 0.2) is 36.7 Å². The monoisotopic (exact) mass is 527 g/mol. The summed E-state index contributed by atoms with van der Waals surface area (Å²) >= 11 is 0. The van der Waals surface area contributed by atoms with Crippen LogP contribution in [0.4, 0.5) is 5.95 Å². The molecule has 198 valence electrons. The Morgan fingerprint density at radius 2 is 1.92 bits per heavy atom. The van der Waals surface area contributed by atoms with Crippen LogP contribution in [0.2, 0.25) is 0 Å². The second kappa shape index (κ2) is 11.0. The van der Waals surface area contributed by atoms with Crippen molar-refractivity contribution in [3.8, 4) is 11.6 Å². The number of hydrogen-bond acceptors (Lipinski definition) is 8. The van der Waals surface area contributed by atoms with Crippen LogP contribution < -0.4 is 15.2 Å². The van der Waals surface area contributed by atoms with Gasteiger partial charge >= 0.3 is 0 Å². The largest absolute Gasteiger partial charge is 0.493 e. The van der Waals surface area contributed by atoms with Gasteiger partial charge in [-0.1, -0.05) is 6.07 Å². The number of carbonyl (C=O) groups is 1. The van der Waals surface area contributed by atoms with Gasteiger partial charge in [0.1, 0.15) is 5.75 Å². The van der Waals surface area contributed by atoms with E-state index in [0.717, 1.165) is 62.5 Å². The van der Waals surface area contributed by atoms with Crippen molar-refractivity contribution < 1.29 is 17.9 Å². The average Bonchev–Trinajstić information content (AvgIpc) is 3.57. The summed E-state index contributed by atoms with van der Waals surface area (Å²) in [6.45, 7) is 2.05. The molecule has 1 aliphatic heterocycles. The summed E-state index contributed by atoms with van der Waals surface area (Å²) in [5, 5.41) is 13.8. The zero-order valence-electron chi connectivity index (χ0n) is 20.8. The van der Waals surface area contributed by atoms with E-state index in [1.54, 1.807) is 23.1 Å². The molecule has 11 nitrogen and oxygen atoms in total. The topological polar surface area (TPSA) is 145 Å². The van der Waals surface area contributed by atoms with E-state index < -0.39 is 10.0 Å². The zero-order valence-corrected chi connectivity index (χ0v) is 21.6. The van der Waals surface area contributed by atoms with Gasteiger partial charge in [0.2, 0.25) is 21.9 Å². The summed E-state index contributed by atoms with van der Waals surface area (Å²) in [6, 6.07) is 7.63. The maximum absolute atomic E-state index is 12.7. The summed E-state index contributed by atoms with van der Waals surface area (Å²) in [7, 11) is -3.51. The molecule has 3 heterocycles. The molecule has 0 atom stereocenters. The van der Waals surface area contributed by atoms with Gasteiger partial charge in [-0.3, -0.25) is 4.79 Å². The van der Waals surface area contributed by atoms with E-state index in [9.17, 15) is 13.2 Å². The molecule has 0 spiro atoms. The number of aromatic nitrogens is 4. The molecule has 2 fully saturated rings. The smallest absolute Gasteiger partial charge is 0.225 e. The number of amides is 1. The highest BCUT2D eigenvalue weighted by Gasteiger charge is 2.30. The van der Waals surface area contributed by atoms with Crippen molar-refractivity contribution in [3.05, 3.63) is 36.7 Å². The number of nitrogens with two attached hydrogens (primary N) is 1. The molecule has 1 saturated carbocycles. The van der Waals surface area contributed by atoms with Crippen LogP contribution in [0.25, 0.3) is 16.7 Å². The van der Waals surface area contributed by atoms with Gasteiger partial charge in [0.15, 0.2) is 5.82 Å². The van der Waals surface area contributed by atoms with E-state index >= 15 is 0 Å². The number of fused-ring (bicyclic) bond motifs is 1. The number of ether oxygens (including phenoxy) is 1. The Hall–Kier alpha value is -3.25. The van der Waals surface area contributed by atoms with Crippen molar-refractivity contribution in [1.29, 1.82) is 0 Å². The molecule has 0 unspecified atom stereocenters. The first-order valence-corrected chi connectivity index (χ1v) is 14.6. The number of anilines is 1. The standard InChI is InChI=1S/C25H33N7O4S/c26-37(34,35)16-4-15-36-22-6-3-5-21-20(22)17-28-32(21)23-11-12-27-25(30-23)29-19-9-7-18(8-10-19)24(33)31-13-1-2-14-31/h3,5-6,11-12,17-19H,1-2,4,7-10,13-16H2,(H2,26,34,35)(H,27,29,30). The quantitative estimate of drug-likeness (QED) is 0.404. The van der Waals surface area contributed by atoms with E-state index in [1.165, 1.54) is 0 Å². The van der Waals surface area contributed by atoms with Crippen LogP contribution >= 0.6 is 0 Å². The summed E-state index contributed by atoms with van der Waals surface area (Å²) < 4.78 is 29.8. The van der Waals surface area contributed by atoms with Gasteiger partial charge in [-0.15, -0.1) is 0 Å². The number of hydrogen-bond donors (Lipinski definition) is 2. The van der Waals surface area contributed by atoms with Gasteiger partial charge in [-0.05, 0) is 57.1 Å². The molecule has 12 heteroatoms. The zero-order chi connectivity index (χ0) is 25.8. The van der Waals surface area contributed by atoms with Crippen LogP contribution in [0, 0.1) is 5.92 Å². The summed E-state index contributed by atoms with van der Waals surface area (Å²) in [6.07, 6.45) is 9.55. The minimum absolute atomic E-state index is 0.130. The molecule has 1 aromatic carbocycles. The van der Waals surface area contributed by atoms with Crippen molar-refractivity contribution in [3.63, 3.8) is 0 Å². The van der Waals surface area contributed by atoms with Gasteiger partial charge in [-0.2, -0.15) is 10.1 Å². The van der Waals surface area contributed by atoms with Crippen molar-refractivity contribution in [2.24, 2.45) is 11.1 Å². The first-order chi connectivity index (χ1) is 17.9. The van der Waals surface area contributed by atoms with Crippen LogP contribution in [0.3, 0.4) is 0 Å². The highest BCUT2D eigenvalue weighted by atomic mass is 32.2. The molecule has 0 radical (unpaired) electrons. The lowest BCUT2D eigenvalue weighted by atomic mass is 9.85. The fourth-order valence-electron chi connectivity index (χ4n) is 5.17. The fraction of sp³-hybridized carbons (Fsp3) is 0.520. The minimum atomic E-state index is -3.51. The Morgan fingerprint density at radius 1 is 1.14 bits per heavy atom. The van der Waals surface area contributed by atoms with Crippen molar-refractivity contribution in [1.82, 2.24) is 24.6 Å². The molecule has 2 aliphatic rings. The van der Waals surface area contributed by atoms with E-state index in [2.05, 4.69) is 15.4 Å². The van der Waals surface area contributed by atoms with Crippen molar-refractivity contribution >= 4 is 32.8 Å². The molecule has 1 amide bonds. The number of carbonyl (C=O) groups excluding carboxylic acids is 1. The number of likely N-dealkylation sites (tertiary alicyclic amines) is 1. The number of nitrogens with zero attached hydrogens (tertiary/aromatic N) is 5. The van der Waals surface area contributed by atoms with Gasteiger partial charge in [0.25, 0.3) is 0 Å². The molecule has 3 N–H and O–H groups in total. The van der Waals surface area contributed by atoms with E-state index in [-0.39, 0.29) is 24.3 Å². The third-order valence-corrected chi connectivity index (χ3v) is 7.95. The molecular weight excluding hydrogens is 494 g/mol. The second-order valence-corrected chi connectivity index (χ2v) is 11.5. The number of primary sulfonamides is 1. The highest BCUT2D eigenvalue weighted by Crippen LogP contribution is 2.30. The number of benzene rings is 1. The van der Waals surface area contributed by atoms with Crippen LogP contribution in [0.1, 0.15) is 44.9 Å². The molecule has 3 aromatic rings. The van der Waals surface area contributed by atoms with Crippen LogP contribution in [0.5, 0.6) is 5.75 Å². The Morgan fingerprint density at radius 3 is 2.68 bits per heavy atom. The summed E-state index contributed by atoms with van der Waals surface area (Å²) in [4.78, 5) is 23.8. The second-order valence-electron chi connectivity index (χ2n) is 9.78. The van der Waals surface area contributed by atoms with Gasteiger partial charge in [-0.25, -0.2) is 23.2 Å². The molecule has 1 saturated heterocycles. The van der Waals surface area contributed by atoms with Crippen LogP contribution in [-0.4, -0.2) is 70.5 Å². The van der Waals surface area contributed by atoms with Crippen molar-refractivity contribution in [2.45, 2.75) is 51.0 Å². The molecule has 1 aliphatic carbocycles. The lowest BCUT2D eigenvalue weighted by Gasteiger charge is -2.30. The maximum atomic E-state index is 12.7. The molecular formula is C25H33N7O4S. The predicted octanol–water partition coefficient (Wildman–Crippen LogP) is 2.47. The van der Waals surface area contributed by atoms with Crippen LogP contribution in [-0.2, 0) is 14.8 Å². The average molecular weight is 528 g/mol. The lowest BCUT2D eigenvalue weighted by molar-refractivity contribution is -0.135. The Kier molecular flexibility index (Phi) is 7.56. The first kappa shape index (κ1) is 25.4. The van der Waals surface area contributed by atoms with Gasteiger partial charge in [0.05, 0.1) is 29.5 Å². The van der Waals surface area contributed by atoms with Gasteiger partial charge in [0, 0.05) is 37.3 Å². The number of sulfonamides is 1. The first-order valence-electron chi connectivity index (χ1n) is 12.9. The third kappa shape index (κ3) is 6.19. The van der Waals surface area contributed by atoms with E-state index in [1.807, 2.05) is 23.1 Å². The van der Waals surface area contributed by atoms with E-state index in [0.29, 0.717) is 29.8 Å². The Balaban J connectivity index is 1.22. The summed E-state index contributed by atoms with van der Waals surface area (Å²) in [5.74, 6) is 2.10. The predicted molar refractivity (Wildman–Crippen MR) is 140 cm³/mol. The number of rotatable bonds is 9. The minimum Gasteiger partial charge on any atom is -0.493 e. The Bertz CT molecular complexity index is 1350. The molecule has 0 bridgehead atoms. The molecule has 37 heavy (non-hydrogen) atoms. The molecule has 5 rings (SSSR count). The summed E-state index contributed by atoms with van der Waals surface area (Å²) in [5.41, 5.74) is 0.814. The highest BCUT2D eigenvalue weighted by molar-refractivity contribution is 7.89. The van der Waals surface area contributed by atoms with Gasteiger partial charge < -0.3 is 15.0 Å². The SMILES string of the molecule is NS(=O)(=O)CCCOc1cccc2c1cnn2-c1ccnc(NC2CCC(C(=O)N3CCCC3)CC2)n1. The van der Waals surface area contributed by atoms with Crippen molar-refractivity contribution in [2.75, 3.05) is 30.8 Å². The molecule has 2 aromatic heterocycles. The third-order valence-electron chi connectivity index (χ3n) is 7.09. The number of nitrogens with one attached hydrogen (secondary N) is 1. The normalized spacial score (nSPS) is 20.3. The maximum Gasteiger partial charge on any atom is 0.225 e. The lowest BCUT2D eigenvalue weighted by Crippen LogP contribution is -2.37. The van der Waals surface area contributed by atoms with E-state index in [4.69, 9.17) is 14.9 Å². The fourth-order valence-corrected chi connectivity index (χ4v) is 5.70. The Labute approximate surface area is 216 Å².